The van der Waals surface area contributed by atoms with Gasteiger partial charge in [-0.2, -0.15) is 9.61 Å². The molecule has 0 radical (unpaired) electrons. The maximum Gasteiger partial charge on any atom is 0.264 e. The lowest BCUT2D eigenvalue weighted by Gasteiger charge is -2.11. The quantitative estimate of drug-likeness (QED) is 0.404. The molecule has 0 atom stereocenters. The Morgan fingerprint density at radius 3 is 2.69 bits per heavy atom. The minimum Gasteiger partial charge on any atom is -0.483 e. The highest BCUT2D eigenvalue weighted by Gasteiger charge is 2.12. The molecule has 4 rings (SSSR count). The van der Waals surface area contributed by atoms with Crippen LogP contribution in [0, 0.1) is 6.92 Å². The van der Waals surface area contributed by atoms with E-state index in [1.54, 1.807) is 4.52 Å². The third kappa shape index (κ3) is 5.09. The number of nitrogens with one attached hydrogen (secondary N) is 2. The number of aromatic nitrogens is 4. The summed E-state index contributed by atoms with van der Waals surface area (Å²) in [6, 6.07) is 15.5. The van der Waals surface area contributed by atoms with Crippen molar-refractivity contribution in [2.75, 3.05) is 6.61 Å². The highest BCUT2D eigenvalue weighted by atomic mass is 32.1. The van der Waals surface area contributed by atoms with Crippen molar-refractivity contribution < 1.29 is 9.53 Å². The van der Waals surface area contributed by atoms with E-state index in [9.17, 15) is 4.79 Å². The molecule has 8 nitrogen and oxygen atoms in total. The molecular weight excluding hydrogens is 444 g/mol. The molecule has 164 valence electrons. The van der Waals surface area contributed by atoms with Gasteiger partial charge in [0.25, 0.3) is 5.91 Å². The molecule has 10 heteroatoms. The van der Waals surface area contributed by atoms with Crippen molar-refractivity contribution in [1.29, 1.82) is 0 Å². The fourth-order valence-corrected chi connectivity index (χ4v) is 4.06. The molecule has 32 heavy (non-hydrogen) atoms. The van der Waals surface area contributed by atoms with Gasteiger partial charge in [-0.1, -0.05) is 60.7 Å². The Balaban J connectivity index is 1.27. The highest BCUT2D eigenvalue weighted by molar-refractivity contribution is 7.80. The van der Waals surface area contributed by atoms with Gasteiger partial charge >= 0.3 is 0 Å². The molecule has 2 aromatic heterocycles. The van der Waals surface area contributed by atoms with Crippen LogP contribution >= 0.6 is 23.6 Å². The van der Waals surface area contributed by atoms with Gasteiger partial charge in [0.05, 0.1) is 0 Å². The third-order valence-corrected chi connectivity index (χ3v) is 5.93. The Kier molecular flexibility index (Phi) is 6.72. The average molecular weight is 467 g/mol. The number of nitrogens with zero attached hydrogens (tertiary/aromatic N) is 4. The largest absolute Gasteiger partial charge is 0.483 e. The second-order valence-electron chi connectivity index (χ2n) is 7.05. The summed E-state index contributed by atoms with van der Waals surface area (Å²) in [7, 11) is 0. The van der Waals surface area contributed by atoms with Crippen LogP contribution in [0.3, 0.4) is 0 Å². The minimum absolute atomic E-state index is 0.103. The first-order valence-corrected chi connectivity index (χ1v) is 11.3. The van der Waals surface area contributed by atoms with E-state index in [2.05, 4.69) is 25.9 Å². The Morgan fingerprint density at radius 1 is 1.16 bits per heavy atom. The Labute approximate surface area is 194 Å². The van der Waals surface area contributed by atoms with Gasteiger partial charge in [-0.25, -0.2) is 0 Å². The Morgan fingerprint density at radius 2 is 1.94 bits per heavy atom. The minimum atomic E-state index is -0.309. The van der Waals surface area contributed by atoms with Crippen LogP contribution < -0.4 is 15.4 Å². The van der Waals surface area contributed by atoms with E-state index in [1.807, 2.05) is 62.4 Å². The number of carbonyl (C=O) groups is 1. The maximum atomic E-state index is 12.1. The van der Waals surface area contributed by atoms with Gasteiger partial charge in [0.2, 0.25) is 4.96 Å². The van der Waals surface area contributed by atoms with Crippen molar-refractivity contribution in [2.24, 2.45) is 0 Å². The van der Waals surface area contributed by atoms with Crippen molar-refractivity contribution in [3.05, 3.63) is 65.5 Å². The number of fused-ring (bicyclic) bond motifs is 1. The zero-order valence-electron chi connectivity index (χ0n) is 17.7. The molecule has 4 aromatic rings. The number of amides is 1. The summed E-state index contributed by atoms with van der Waals surface area (Å²) in [6.45, 7) is 4.34. The van der Waals surface area contributed by atoms with Gasteiger partial charge < -0.3 is 15.4 Å². The van der Waals surface area contributed by atoms with E-state index in [0.717, 1.165) is 38.9 Å². The molecule has 0 saturated heterocycles. The van der Waals surface area contributed by atoms with Crippen LogP contribution in [0.2, 0.25) is 0 Å². The number of hydrogen-bond acceptors (Lipinski definition) is 7. The van der Waals surface area contributed by atoms with Crippen molar-refractivity contribution in [2.45, 2.75) is 26.8 Å². The summed E-state index contributed by atoms with van der Waals surface area (Å²) >= 11 is 6.72. The summed E-state index contributed by atoms with van der Waals surface area (Å²) in [5.41, 5.74) is 3.01. The normalized spacial score (nSPS) is 10.8. The first kappa shape index (κ1) is 21.8. The fourth-order valence-electron chi connectivity index (χ4n) is 3.01. The van der Waals surface area contributed by atoms with Gasteiger partial charge in [-0.3, -0.25) is 4.79 Å². The lowest BCUT2D eigenvalue weighted by Crippen LogP contribution is -2.41. The van der Waals surface area contributed by atoms with E-state index < -0.39 is 0 Å². The Bertz CT molecular complexity index is 1250. The van der Waals surface area contributed by atoms with Gasteiger partial charge in [0, 0.05) is 18.5 Å². The van der Waals surface area contributed by atoms with Crippen LogP contribution in [-0.2, 0) is 17.8 Å². The number of hydrogen-bond donors (Lipinski definition) is 2. The summed E-state index contributed by atoms with van der Waals surface area (Å²) in [5, 5.41) is 19.7. The molecule has 0 aliphatic rings. The number of carbonyl (C=O) groups excluding carboxylic acids is 1. The van der Waals surface area contributed by atoms with Gasteiger partial charge in [0.15, 0.2) is 17.5 Å². The number of aryl methyl sites for hydroxylation is 2. The zero-order valence-corrected chi connectivity index (χ0v) is 19.3. The number of rotatable bonds is 7. The molecule has 2 heterocycles. The summed E-state index contributed by atoms with van der Waals surface area (Å²) in [5.74, 6) is 1.22. The van der Waals surface area contributed by atoms with Crippen molar-refractivity contribution in [1.82, 2.24) is 30.4 Å². The average Bonchev–Trinajstić information content (AvgIpc) is 3.38. The summed E-state index contributed by atoms with van der Waals surface area (Å²) in [6.07, 6.45) is 0.781. The van der Waals surface area contributed by atoms with Crippen LogP contribution in [0.1, 0.15) is 23.9 Å². The summed E-state index contributed by atoms with van der Waals surface area (Å²) < 4.78 is 7.32. The molecule has 0 spiro atoms. The molecule has 0 aliphatic heterocycles. The van der Waals surface area contributed by atoms with E-state index in [-0.39, 0.29) is 17.6 Å². The van der Waals surface area contributed by atoms with E-state index in [4.69, 9.17) is 17.0 Å². The predicted octanol–water partition coefficient (Wildman–Crippen LogP) is 3.29. The van der Waals surface area contributed by atoms with Gasteiger partial charge in [0.1, 0.15) is 10.8 Å². The lowest BCUT2D eigenvalue weighted by atomic mass is 10.1. The smallest absolute Gasteiger partial charge is 0.264 e. The van der Waals surface area contributed by atoms with Crippen molar-refractivity contribution in [3.63, 3.8) is 0 Å². The topological polar surface area (TPSA) is 93.4 Å². The molecule has 2 aromatic carbocycles. The molecule has 0 bridgehead atoms. The van der Waals surface area contributed by atoms with E-state index >= 15 is 0 Å². The second-order valence-corrected chi connectivity index (χ2v) is 8.42. The standard InChI is InChI=1S/C22H22N6O2S2/c1-3-18-25-26-22-28(18)27-20(32-22)16-10-8-15(9-11-16)12-23-21(31)24-19(29)13-30-17-7-5-4-6-14(17)2/h4-11H,3,12-13H2,1-2H3,(H2,23,24,29,31). The summed E-state index contributed by atoms with van der Waals surface area (Å²) in [4.78, 5) is 12.9. The maximum absolute atomic E-state index is 12.1. The van der Waals surface area contributed by atoms with E-state index in [0.29, 0.717) is 12.3 Å². The molecule has 1 amide bonds. The first-order valence-electron chi connectivity index (χ1n) is 10.1. The predicted molar refractivity (Wildman–Crippen MR) is 128 cm³/mol. The number of ether oxygens (including phenoxy) is 1. The molecule has 2 N–H and O–H groups in total. The molecular formula is C22H22N6O2S2. The highest BCUT2D eigenvalue weighted by Crippen LogP contribution is 2.25. The number of thiocarbonyl (C=S) groups is 1. The fraction of sp³-hybridized carbons (Fsp3) is 0.227. The molecule has 0 unspecified atom stereocenters. The van der Waals surface area contributed by atoms with Crippen LogP contribution in [0.15, 0.2) is 48.5 Å². The number of para-hydroxylation sites is 1. The van der Waals surface area contributed by atoms with Crippen LogP contribution in [0.4, 0.5) is 0 Å². The van der Waals surface area contributed by atoms with E-state index in [1.165, 1.54) is 11.3 Å². The van der Waals surface area contributed by atoms with Gasteiger partial charge in [-0.05, 0) is 36.3 Å². The van der Waals surface area contributed by atoms with Gasteiger partial charge in [-0.15, -0.1) is 10.2 Å². The van der Waals surface area contributed by atoms with Crippen LogP contribution in [0.5, 0.6) is 5.75 Å². The third-order valence-electron chi connectivity index (χ3n) is 4.73. The first-order chi connectivity index (χ1) is 15.5. The Hall–Kier alpha value is -3.37. The van der Waals surface area contributed by atoms with Crippen molar-refractivity contribution >= 4 is 39.5 Å². The molecule has 0 fully saturated rings. The number of benzene rings is 2. The zero-order chi connectivity index (χ0) is 22.5. The second kappa shape index (κ2) is 9.84. The molecule has 0 aliphatic carbocycles. The van der Waals surface area contributed by atoms with Crippen molar-refractivity contribution in [3.8, 4) is 16.3 Å². The SMILES string of the molecule is CCc1nnc2sc(-c3ccc(CNC(=S)NC(=O)COc4ccccc4C)cc3)nn12. The lowest BCUT2D eigenvalue weighted by molar-refractivity contribution is -0.121. The monoisotopic (exact) mass is 466 g/mol. The van der Waals surface area contributed by atoms with Crippen LogP contribution in [-0.4, -0.2) is 37.4 Å². The molecule has 0 saturated carbocycles. The van der Waals surface area contributed by atoms with Crippen LogP contribution in [0.25, 0.3) is 15.5 Å².